The molecular weight excluding hydrogens is 633 g/mol. The lowest BCUT2D eigenvalue weighted by atomic mass is 9.80. The van der Waals surface area contributed by atoms with Crippen LogP contribution in [0.1, 0.15) is 25.0 Å². The average Bonchev–Trinajstić information content (AvgIpc) is 3.69. The van der Waals surface area contributed by atoms with Crippen LogP contribution in [0.5, 0.6) is 0 Å². The maximum Gasteiger partial charge on any atom is 0.143 e. The third-order valence-corrected chi connectivity index (χ3v) is 11.4. The summed E-state index contributed by atoms with van der Waals surface area (Å²) in [6.07, 6.45) is 3.57. The lowest BCUT2D eigenvalue weighted by Gasteiger charge is -2.22. The summed E-state index contributed by atoms with van der Waals surface area (Å²) >= 11 is 0. The number of hydrogen-bond acceptors (Lipinski definition) is 3. The summed E-state index contributed by atoms with van der Waals surface area (Å²) in [4.78, 5) is 9.50. The first-order valence-electron chi connectivity index (χ1n) is 17.9. The maximum atomic E-state index is 6.42. The quantitative estimate of drug-likeness (QED) is 0.176. The van der Waals surface area contributed by atoms with Crippen LogP contribution in [0.4, 0.5) is 0 Å². The molecule has 0 bridgehead atoms. The molecule has 2 aromatic heterocycles. The van der Waals surface area contributed by atoms with Crippen molar-refractivity contribution in [2.75, 3.05) is 0 Å². The smallest absolute Gasteiger partial charge is 0.143 e. The van der Waals surface area contributed by atoms with E-state index in [2.05, 4.69) is 153 Å². The second-order valence-electron chi connectivity index (χ2n) is 14.6. The number of benzene rings is 8. The fourth-order valence-corrected chi connectivity index (χ4v) is 8.73. The molecule has 3 nitrogen and oxygen atoms in total. The van der Waals surface area contributed by atoms with Gasteiger partial charge in [0.15, 0.2) is 0 Å². The molecular formula is C49H32N2O. The van der Waals surface area contributed by atoms with Crippen LogP contribution in [0.15, 0.2) is 162 Å². The van der Waals surface area contributed by atoms with Gasteiger partial charge >= 0.3 is 0 Å². The zero-order chi connectivity index (χ0) is 34.6. The van der Waals surface area contributed by atoms with Crippen molar-refractivity contribution in [1.82, 2.24) is 9.97 Å². The molecule has 1 aliphatic carbocycles. The standard InChI is InChI=1S/C49H32N2O/c1-49(2)43-27-32(19-22-37(43)38-23-20-33(28-44(38)49)34-11-7-12-41-39-9-5-6-13-45(39)52-48(34)41)30-16-14-29(15-17-30)31-18-21-36-35-8-3-4-10-40(35)46-47(42(36)26-31)51-25-24-50-46/h3-28H,1-2H3. The van der Waals surface area contributed by atoms with Crippen molar-refractivity contribution in [2.24, 2.45) is 0 Å². The lowest BCUT2D eigenvalue weighted by molar-refractivity contribution is 0.660. The Kier molecular flexibility index (Phi) is 6.01. The highest BCUT2D eigenvalue weighted by Crippen LogP contribution is 2.51. The van der Waals surface area contributed by atoms with E-state index in [1.54, 1.807) is 12.4 Å². The Bertz CT molecular complexity index is 3060. The molecule has 0 saturated carbocycles. The van der Waals surface area contributed by atoms with E-state index in [4.69, 9.17) is 14.4 Å². The van der Waals surface area contributed by atoms with E-state index in [0.717, 1.165) is 49.3 Å². The predicted molar refractivity (Wildman–Crippen MR) is 216 cm³/mol. The highest BCUT2D eigenvalue weighted by atomic mass is 16.3. The lowest BCUT2D eigenvalue weighted by Crippen LogP contribution is -2.15. The number of fused-ring (bicyclic) bond motifs is 12. The van der Waals surface area contributed by atoms with Gasteiger partial charge in [0.25, 0.3) is 0 Å². The van der Waals surface area contributed by atoms with Crippen LogP contribution in [0.2, 0.25) is 0 Å². The fourth-order valence-electron chi connectivity index (χ4n) is 8.73. The van der Waals surface area contributed by atoms with E-state index in [-0.39, 0.29) is 5.41 Å². The highest BCUT2D eigenvalue weighted by molar-refractivity contribution is 6.23. The summed E-state index contributed by atoms with van der Waals surface area (Å²) in [6.45, 7) is 4.71. The Labute approximate surface area is 300 Å². The molecule has 244 valence electrons. The van der Waals surface area contributed by atoms with E-state index in [0.29, 0.717) is 0 Å². The molecule has 0 atom stereocenters. The van der Waals surface area contributed by atoms with Crippen molar-refractivity contribution in [3.8, 4) is 44.5 Å². The van der Waals surface area contributed by atoms with Crippen LogP contribution in [-0.4, -0.2) is 9.97 Å². The number of para-hydroxylation sites is 2. The summed E-state index contributed by atoms with van der Waals surface area (Å²) in [5.41, 5.74) is 16.0. The minimum Gasteiger partial charge on any atom is -0.455 e. The van der Waals surface area contributed by atoms with Crippen molar-refractivity contribution >= 4 is 54.5 Å². The first-order chi connectivity index (χ1) is 25.5. The van der Waals surface area contributed by atoms with E-state index in [1.165, 1.54) is 60.8 Å². The first-order valence-corrected chi connectivity index (χ1v) is 17.9. The summed E-state index contributed by atoms with van der Waals surface area (Å²) in [5, 5.41) is 6.98. The molecule has 2 heterocycles. The molecule has 0 fully saturated rings. The molecule has 0 radical (unpaired) electrons. The van der Waals surface area contributed by atoms with Gasteiger partial charge in [0.05, 0.1) is 11.0 Å². The molecule has 0 unspecified atom stereocenters. The Morgan fingerprint density at radius 3 is 1.69 bits per heavy atom. The number of rotatable bonds is 3. The van der Waals surface area contributed by atoms with Gasteiger partial charge in [0.1, 0.15) is 11.2 Å². The van der Waals surface area contributed by atoms with Crippen LogP contribution in [0.25, 0.3) is 99.0 Å². The Hall–Kier alpha value is -6.58. The Morgan fingerprint density at radius 1 is 0.404 bits per heavy atom. The van der Waals surface area contributed by atoms with Crippen LogP contribution >= 0.6 is 0 Å². The van der Waals surface area contributed by atoms with Crippen LogP contribution in [0, 0.1) is 0 Å². The molecule has 11 rings (SSSR count). The van der Waals surface area contributed by atoms with Crippen molar-refractivity contribution in [3.05, 3.63) is 169 Å². The Balaban J connectivity index is 0.948. The maximum absolute atomic E-state index is 6.42. The zero-order valence-electron chi connectivity index (χ0n) is 28.8. The van der Waals surface area contributed by atoms with Crippen molar-refractivity contribution < 1.29 is 4.42 Å². The number of nitrogens with zero attached hydrogens (tertiary/aromatic N) is 2. The van der Waals surface area contributed by atoms with Gasteiger partial charge in [-0.2, -0.15) is 0 Å². The molecule has 0 amide bonds. The van der Waals surface area contributed by atoms with Crippen LogP contribution in [-0.2, 0) is 5.41 Å². The third-order valence-electron chi connectivity index (χ3n) is 11.4. The second-order valence-corrected chi connectivity index (χ2v) is 14.6. The number of hydrogen-bond donors (Lipinski definition) is 0. The highest BCUT2D eigenvalue weighted by Gasteiger charge is 2.36. The van der Waals surface area contributed by atoms with Gasteiger partial charge in [-0.05, 0) is 85.1 Å². The molecule has 0 N–H and O–H groups in total. The molecule has 3 heteroatoms. The summed E-state index contributed by atoms with van der Waals surface area (Å²) in [6, 6.07) is 52.9. The van der Waals surface area contributed by atoms with Gasteiger partial charge in [0.2, 0.25) is 0 Å². The summed E-state index contributed by atoms with van der Waals surface area (Å²) < 4.78 is 6.42. The van der Waals surface area contributed by atoms with Gasteiger partial charge in [-0.3, -0.25) is 9.97 Å². The van der Waals surface area contributed by atoms with E-state index < -0.39 is 0 Å². The van der Waals surface area contributed by atoms with Crippen LogP contribution < -0.4 is 0 Å². The topological polar surface area (TPSA) is 38.9 Å². The zero-order valence-corrected chi connectivity index (χ0v) is 28.8. The average molecular weight is 665 g/mol. The van der Waals surface area contributed by atoms with Gasteiger partial charge in [-0.25, -0.2) is 0 Å². The van der Waals surface area contributed by atoms with Gasteiger partial charge in [-0.1, -0.05) is 135 Å². The van der Waals surface area contributed by atoms with E-state index in [9.17, 15) is 0 Å². The van der Waals surface area contributed by atoms with Gasteiger partial charge < -0.3 is 4.42 Å². The Morgan fingerprint density at radius 2 is 0.942 bits per heavy atom. The largest absolute Gasteiger partial charge is 0.455 e. The number of furan rings is 1. The molecule has 0 aliphatic heterocycles. The van der Waals surface area contributed by atoms with Crippen molar-refractivity contribution in [2.45, 2.75) is 19.3 Å². The van der Waals surface area contributed by atoms with E-state index >= 15 is 0 Å². The number of aromatic nitrogens is 2. The van der Waals surface area contributed by atoms with E-state index in [1.807, 2.05) is 6.07 Å². The SMILES string of the molecule is CC1(C)c2cc(-c3ccc(-c4ccc5c6ccccc6c6nccnc6c5c4)cc3)ccc2-c2ccc(-c3cccc4c3oc3ccccc34)cc21. The van der Waals surface area contributed by atoms with Gasteiger partial charge in [0, 0.05) is 44.9 Å². The predicted octanol–water partition coefficient (Wildman–Crippen LogP) is 13.1. The molecule has 0 spiro atoms. The molecule has 10 aromatic rings. The van der Waals surface area contributed by atoms with Crippen molar-refractivity contribution in [1.29, 1.82) is 0 Å². The minimum atomic E-state index is -0.153. The first kappa shape index (κ1) is 29.2. The molecule has 0 saturated heterocycles. The van der Waals surface area contributed by atoms with Crippen LogP contribution in [0.3, 0.4) is 0 Å². The normalized spacial score (nSPS) is 13.3. The fraction of sp³-hybridized carbons (Fsp3) is 0.0612. The third kappa shape index (κ3) is 4.14. The summed E-state index contributed by atoms with van der Waals surface area (Å²) in [5.74, 6) is 0. The van der Waals surface area contributed by atoms with Gasteiger partial charge in [-0.15, -0.1) is 0 Å². The molecule has 52 heavy (non-hydrogen) atoms. The van der Waals surface area contributed by atoms with Crippen molar-refractivity contribution in [3.63, 3.8) is 0 Å². The monoisotopic (exact) mass is 664 g/mol. The second kappa shape index (κ2) is 10.7. The minimum absolute atomic E-state index is 0.153. The molecule has 8 aromatic carbocycles. The summed E-state index contributed by atoms with van der Waals surface area (Å²) in [7, 11) is 0. The molecule has 1 aliphatic rings.